The van der Waals surface area contributed by atoms with Gasteiger partial charge in [0, 0.05) is 30.1 Å². The molecule has 1 aromatic rings. The molecule has 0 saturated heterocycles. The fraction of sp³-hybridized carbons (Fsp3) is 0.571. The minimum absolute atomic E-state index is 0.0324. The first-order chi connectivity index (χ1) is 9.44. The van der Waals surface area contributed by atoms with Gasteiger partial charge in [0.1, 0.15) is 0 Å². The summed E-state index contributed by atoms with van der Waals surface area (Å²) < 4.78 is 0. The molecule has 1 aromatic carbocycles. The van der Waals surface area contributed by atoms with Crippen LogP contribution in [0.3, 0.4) is 0 Å². The molecule has 6 nitrogen and oxygen atoms in total. The second-order valence-corrected chi connectivity index (χ2v) is 5.15. The van der Waals surface area contributed by atoms with Crippen molar-refractivity contribution in [2.75, 3.05) is 23.8 Å². The van der Waals surface area contributed by atoms with Gasteiger partial charge >= 0.3 is 0 Å². The van der Waals surface area contributed by atoms with Crippen molar-refractivity contribution in [3.63, 3.8) is 0 Å². The first-order valence-electron chi connectivity index (χ1n) is 6.86. The number of aliphatic hydroxyl groups excluding tert-OH is 1. The molecule has 0 saturated carbocycles. The van der Waals surface area contributed by atoms with Crippen molar-refractivity contribution in [1.82, 2.24) is 0 Å². The third-order valence-electron chi connectivity index (χ3n) is 3.28. The summed E-state index contributed by atoms with van der Waals surface area (Å²) in [5.41, 5.74) is 0.887. The molecule has 6 heteroatoms. The van der Waals surface area contributed by atoms with E-state index in [1.165, 1.54) is 12.1 Å². The Balaban J connectivity index is 3.05. The average molecular weight is 281 g/mol. The summed E-state index contributed by atoms with van der Waals surface area (Å²) in [6, 6.07) is 4.83. The quantitative estimate of drug-likeness (QED) is 0.503. The summed E-state index contributed by atoms with van der Waals surface area (Å²) in [4.78, 5) is 10.6. The van der Waals surface area contributed by atoms with E-state index in [2.05, 4.69) is 10.6 Å². The first-order valence-corrected chi connectivity index (χ1v) is 6.86. The molecular formula is C14H23N3O3. The van der Waals surface area contributed by atoms with Gasteiger partial charge in [-0.1, -0.05) is 13.8 Å². The molecule has 0 aromatic heterocycles. The topological polar surface area (TPSA) is 87.4 Å². The van der Waals surface area contributed by atoms with Gasteiger partial charge in [-0.15, -0.1) is 0 Å². The predicted octanol–water partition coefficient (Wildman–Crippen LogP) is 2.99. The summed E-state index contributed by atoms with van der Waals surface area (Å²) in [5, 5.41) is 26.7. The largest absolute Gasteiger partial charge is 0.394 e. The summed E-state index contributed by atoms with van der Waals surface area (Å²) in [6.45, 7) is 6.58. The Kier molecular flexibility index (Phi) is 5.76. The Labute approximate surface area is 119 Å². The van der Waals surface area contributed by atoms with Crippen LogP contribution in [0.5, 0.6) is 0 Å². The van der Waals surface area contributed by atoms with Crippen LogP contribution in [0.2, 0.25) is 0 Å². The second-order valence-electron chi connectivity index (χ2n) is 5.15. The number of anilines is 2. The molecule has 0 aliphatic heterocycles. The first kappa shape index (κ1) is 16.2. The zero-order chi connectivity index (χ0) is 15.2. The van der Waals surface area contributed by atoms with E-state index in [9.17, 15) is 15.2 Å². The summed E-state index contributed by atoms with van der Waals surface area (Å²) in [6.07, 6.45) is 1.65. The highest BCUT2D eigenvalue weighted by Crippen LogP contribution is 2.27. The number of nitro benzene ring substituents is 1. The lowest BCUT2D eigenvalue weighted by Crippen LogP contribution is -2.37. The van der Waals surface area contributed by atoms with Crippen molar-refractivity contribution in [3.8, 4) is 0 Å². The van der Waals surface area contributed by atoms with E-state index in [0.717, 1.165) is 13.0 Å². The Morgan fingerprint density at radius 1 is 1.30 bits per heavy atom. The van der Waals surface area contributed by atoms with Crippen molar-refractivity contribution in [2.24, 2.45) is 0 Å². The monoisotopic (exact) mass is 281 g/mol. The average Bonchev–Trinajstić information content (AvgIpc) is 2.44. The Morgan fingerprint density at radius 3 is 2.45 bits per heavy atom. The van der Waals surface area contributed by atoms with Gasteiger partial charge in [0.05, 0.1) is 17.1 Å². The van der Waals surface area contributed by atoms with Gasteiger partial charge in [0.25, 0.3) is 5.69 Å². The maximum absolute atomic E-state index is 11.0. The van der Waals surface area contributed by atoms with E-state index in [4.69, 9.17) is 0 Å². The van der Waals surface area contributed by atoms with E-state index < -0.39 is 10.5 Å². The molecule has 0 radical (unpaired) electrons. The van der Waals surface area contributed by atoms with Crippen LogP contribution in [0.4, 0.5) is 17.1 Å². The van der Waals surface area contributed by atoms with Crippen LogP contribution in [0.1, 0.15) is 33.6 Å². The fourth-order valence-corrected chi connectivity index (χ4v) is 1.75. The molecule has 0 fully saturated rings. The molecule has 0 bridgehead atoms. The molecule has 0 aliphatic rings. The number of hydrogen-bond donors (Lipinski definition) is 3. The number of nitrogens with zero attached hydrogens (tertiary/aromatic N) is 1. The number of aliphatic hydroxyl groups is 1. The van der Waals surface area contributed by atoms with E-state index in [0.29, 0.717) is 17.8 Å². The zero-order valence-corrected chi connectivity index (χ0v) is 12.3. The molecule has 20 heavy (non-hydrogen) atoms. The number of non-ortho nitro benzene ring substituents is 1. The Hall–Kier alpha value is -1.82. The normalized spacial score (nSPS) is 13.6. The van der Waals surface area contributed by atoms with Crippen LogP contribution in [-0.2, 0) is 0 Å². The standard InChI is InChI=1S/C14H23N3O3/c1-4-6-15-11-7-12(9-13(8-11)17(19)20)16-14(3,5-2)10-18/h7-9,15-16,18H,4-6,10H2,1-3H3. The van der Waals surface area contributed by atoms with E-state index in [-0.39, 0.29) is 12.3 Å². The van der Waals surface area contributed by atoms with Crippen LogP contribution in [-0.4, -0.2) is 28.7 Å². The third kappa shape index (κ3) is 4.38. The third-order valence-corrected chi connectivity index (χ3v) is 3.28. The van der Waals surface area contributed by atoms with Crippen molar-refractivity contribution >= 4 is 17.1 Å². The van der Waals surface area contributed by atoms with Gasteiger partial charge < -0.3 is 15.7 Å². The summed E-state index contributed by atoms with van der Waals surface area (Å²) in [5.74, 6) is 0. The number of hydrogen-bond acceptors (Lipinski definition) is 5. The minimum atomic E-state index is -0.489. The predicted molar refractivity (Wildman–Crippen MR) is 81.3 cm³/mol. The summed E-state index contributed by atoms with van der Waals surface area (Å²) in [7, 11) is 0. The smallest absolute Gasteiger partial charge is 0.273 e. The van der Waals surface area contributed by atoms with E-state index in [1.54, 1.807) is 0 Å². The molecule has 112 valence electrons. The maximum atomic E-state index is 11.0. The van der Waals surface area contributed by atoms with Crippen molar-refractivity contribution in [1.29, 1.82) is 0 Å². The summed E-state index contributed by atoms with van der Waals surface area (Å²) >= 11 is 0. The zero-order valence-electron chi connectivity index (χ0n) is 12.3. The lowest BCUT2D eigenvalue weighted by molar-refractivity contribution is -0.384. The highest BCUT2D eigenvalue weighted by Gasteiger charge is 2.21. The van der Waals surface area contributed by atoms with Crippen molar-refractivity contribution < 1.29 is 10.0 Å². The van der Waals surface area contributed by atoms with Crippen LogP contribution in [0, 0.1) is 10.1 Å². The van der Waals surface area contributed by atoms with Gasteiger partial charge in [0.2, 0.25) is 0 Å². The van der Waals surface area contributed by atoms with Gasteiger partial charge in [-0.3, -0.25) is 10.1 Å². The molecular weight excluding hydrogens is 258 g/mol. The highest BCUT2D eigenvalue weighted by molar-refractivity contribution is 5.64. The molecule has 1 unspecified atom stereocenters. The fourth-order valence-electron chi connectivity index (χ4n) is 1.75. The minimum Gasteiger partial charge on any atom is -0.394 e. The van der Waals surface area contributed by atoms with Crippen molar-refractivity contribution in [2.45, 2.75) is 39.2 Å². The van der Waals surface area contributed by atoms with Crippen LogP contribution < -0.4 is 10.6 Å². The van der Waals surface area contributed by atoms with Gasteiger partial charge in [-0.05, 0) is 25.8 Å². The number of nitro groups is 1. The Morgan fingerprint density at radius 2 is 1.95 bits per heavy atom. The van der Waals surface area contributed by atoms with Gasteiger partial charge in [-0.2, -0.15) is 0 Å². The van der Waals surface area contributed by atoms with E-state index in [1.807, 2.05) is 26.8 Å². The number of nitrogens with one attached hydrogen (secondary N) is 2. The highest BCUT2D eigenvalue weighted by atomic mass is 16.6. The molecule has 0 heterocycles. The molecule has 1 atom stereocenters. The van der Waals surface area contributed by atoms with Crippen molar-refractivity contribution in [3.05, 3.63) is 28.3 Å². The van der Waals surface area contributed by atoms with Crippen LogP contribution in [0.15, 0.2) is 18.2 Å². The molecule has 0 spiro atoms. The van der Waals surface area contributed by atoms with Crippen LogP contribution >= 0.6 is 0 Å². The lowest BCUT2D eigenvalue weighted by atomic mass is 9.99. The SMILES string of the molecule is CCCNc1cc(NC(C)(CC)CO)cc([N+](=O)[O-])c1. The number of rotatable bonds is 8. The van der Waals surface area contributed by atoms with Gasteiger partial charge in [0.15, 0.2) is 0 Å². The lowest BCUT2D eigenvalue weighted by Gasteiger charge is -2.28. The molecule has 3 N–H and O–H groups in total. The van der Waals surface area contributed by atoms with E-state index >= 15 is 0 Å². The molecule has 0 aliphatic carbocycles. The maximum Gasteiger partial charge on any atom is 0.273 e. The Bertz CT molecular complexity index is 459. The molecule has 1 rings (SSSR count). The second kappa shape index (κ2) is 7.09. The van der Waals surface area contributed by atoms with Crippen LogP contribution in [0.25, 0.3) is 0 Å². The number of benzene rings is 1. The molecule has 0 amide bonds. The van der Waals surface area contributed by atoms with Gasteiger partial charge in [-0.25, -0.2) is 0 Å².